The molecule has 4 aromatic carbocycles. The molecule has 4 amide bonds. The largest absolute Gasteiger partial charge is 0.480 e. The number of hydrogen-bond donors (Lipinski definition) is 3. The molecular weight excluding hydrogens is 626 g/mol. The van der Waals surface area contributed by atoms with Crippen LogP contribution in [0.25, 0.3) is 11.1 Å². The van der Waals surface area contributed by atoms with Gasteiger partial charge in [-0.05, 0) is 40.3 Å². The highest BCUT2D eigenvalue weighted by Crippen LogP contribution is 2.44. The van der Waals surface area contributed by atoms with Crippen molar-refractivity contribution in [1.29, 1.82) is 0 Å². The molecule has 49 heavy (non-hydrogen) atoms. The first kappa shape index (κ1) is 33.0. The minimum Gasteiger partial charge on any atom is -0.480 e. The number of nitrogens with zero attached hydrogens (tertiary/aromatic N) is 1. The van der Waals surface area contributed by atoms with E-state index in [1.807, 2.05) is 48.5 Å². The average molecular weight is 662 g/mol. The van der Waals surface area contributed by atoms with Crippen LogP contribution in [0.1, 0.15) is 35.1 Å². The lowest BCUT2D eigenvalue weighted by Gasteiger charge is -2.27. The van der Waals surface area contributed by atoms with Crippen molar-refractivity contribution in [3.63, 3.8) is 0 Å². The molecule has 250 valence electrons. The van der Waals surface area contributed by atoms with E-state index in [9.17, 15) is 29.1 Å². The lowest BCUT2D eigenvalue weighted by molar-refractivity contribution is -0.143. The Balaban J connectivity index is 1.20. The van der Waals surface area contributed by atoms with E-state index < -0.39 is 54.2 Å². The number of fused-ring (bicyclic) bond motifs is 3. The summed E-state index contributed by atoms with van der Waals surface area (Å²) in [7, 11) is 0. The second-order valence-electron chi connectivity index (χ2n) is 12.0. The maximum Gasteiger partial charge on any atom is 0.417 e. The fourth-order valence-corrected chi connectivity index (χ4v) is 6.47. The number of alkyl carbamates (subject to hydrolysis) is 1. The summed E-state index contributed by atoms with van der Waals surface area (Å²) >= 11 is 0. The van der Waals surface area contributed by atoms with Crippen LogP contribution >= 0.6 is 0 Å². The molecule has 0 spiro atoms. The molecule has 6 rings (SSSR count). The number of aliphatic carboxylic acids is 1. The molecule has 0 unspecified atom stereocenters. The van der Waals surface area contributed by atoms with E-state index in [2.05, 4.69) is 10.6 Å². The molecule has 1 heterocycles. The van der Waals surface area contributed by atoms with Crippen LogP contribution in [0.15, 0.2) is 109 Å². The van der Waals surface area contributed by atoms with Gasteiger partial charge in [0.05, 0.1) is 0 Å². The van der Waals surface area contributed by atoms with Gasteiger partial charge in [-0.3, -0.25) is 9.59 Å². The predicted molar refractivity (Wildman–Crippen MR) is 178 cm³/mol. The van der Waals surface area contributed by atoms with E-state index in [-0.39, 0.29) is 25.4 Å². The molecule has 1 aliphatic heterocycles. The second kappa shape index (κ2) is 14.4. The van der Waals surface area contributed by atoms with Crippen LogP contribution in [0.2, 0.25) is 0 Å². The van der Waals surface area contributed by atoms with Crippen LogP contribution in [-0.4, -0.2) is 70.8 Å². The Bertz CT molecular complexity index is 1820. The Morgan fingerprint density at radius 1 is 0.755 bits per heavy atom. The molecule has 1 saturated heterocycles. The number of carboxylic acid groups (broad SMARTS) is 1. The molecular formula is C38H35N3O8. The zero-order valence-electron chi connectivity index (χ0n) is 26.7. The van der Waals surface area contributed by atoms with Gasteiger partial charge in [-0.1, -0.05) is 109 Å². The van der Waals surface area contributed by atoms with E-state index in [0.29, 0.717) is 16.0 Å². The number of benzene rings is 4. The molecule has 1 fully saturated rings. The molecule has 0 radical (unpaired) electrons. The number of carbonyl (C=O) groups excluding carboxylic acids is 4. The summed E-state index contributed by atoms with van der Waals surface area (Å²) in [5.74, 6) is -3.29. The first-order chi connectivity index (χ1) is 23.7. The van der Waals surface area contributed by atoms with E-state index in [0.717, 1.165) is 22.3 Å². The molecule has 0 aromatic heterocycles. The van der Waals surface area contributed by atoms with Crippen molar-refractivity contribution < 1.29 is 38.6 Å². The van der Waals surface area contributed by atoms with Gasteiger partial charge >= 0.3 is 18.2 Å². The van der Waals surface area contributed by atoms with E-state index in [4.69, 9.17) is 9.47 Å². The maximum absolute atomic E-state index is 14.1. The first-order valence-electron chi connectivity index (χ1n) is 16.0. The van der Waals surface area contributed by atoms with Crippen LogP contribution in [0.5, 0.6) is 0 Å². The molecule has 2 aliphatic rings. The Kier molecular flexibility index (Phi) is 9.70. The highest BCUT2D eigenvalue weighted by Gasteiger charge is 2.50. The van der Waals surface area contributed by atoms with Crippen molar-refractivity contribution in [3.05, 3.63) is 131 Å². The second-order valence-corrected chi connectivity index (χ2v) is 12.0. The molecule has 0 bridgehead atoms. The normalized spacial score (nSPS) is 17.7. The third-order valence-corrected chi connectivity index (χ3v) is 8.83. The fraction of sp³-hybridized carbons (Fsp3) is 0.237. The van der Waals surface area contributed by atoms with Crippen molar-refractivity contribution in [1.82, 2.24) is 15.5 Å². The molecule has 11 heteroatoms. The fourth-order valence-electron chi connectivity index (χ4n) is 6.47. The standard InChI is InChI=1S/C38H35N3O8/c1-23-33(34(42)39-32(36(44)45)21-25-14-6-3-7-15-25)41(38(47)49-23)35(43)31(20-24-12-4-2-5-13-24)40-37(46)48-22-30-28-18-10-8-16-26(28)27-17-9-11-19-29(27)30/h2-19,23,30-33H,20-22H2,1H3,(H,39,42)(H,40,46)(H,44,45)/t23-,31-,32-,33+/m0/s1. The smallest absolute Gasteiger partial charge is 0.417 e. The zero-order chi connectivity index (χ0) is 34.5. The van der Waals surface area contributed by atoms with Gasteiger partial charge in [0.2, 0.25) is 5.91 Å². The minimum atomic E-state index is -1.49. The van der Waals surface area contributed by atoms with Gasteiger partial charge in [-0.15, -0.1) is 0 Å². The van der Waals surface area contributed by atoms with Gasteiger partial charge in [0, 0.05) is 18.8 Å². The summed E-state index contributed by atoms with van der Waals surface area (Å²) in [5, 5.41) is 14.9. The summed E-state index contributed by atoms with van der Waals surface area (Å²) in [6, 6.07) is 29.2. The molecule has 3 N–H and O–H groups in total. The quantitative estimate of drug-likeness (QED) is 0.210. The summed E-state index contributed by atoms with van der Waals surface area (Å²) in [6.45, 7) is 1.44. The molecule has 4 atom stereocenters. The van der Waals surface area contributed by atoms with Crippen molar-refractivity contribution in [3.8, 4) is 11.1 Å². The zero-order valence-corrected chi connectivity index (χ0v) is 26.7. The number of nitrogens with one attached hydrogen (secondary N) is 2. The van der Waals surface area contributed by atoms with Gasteiger partial charge in [0.1, 0.15) is 24.8 Å². The third kappa shape index (κ3) is 7.15. The summed E-state index contributed by atoms with van der Waals surface area (Å²) in [5.41, 5.74) is 5.50. The van der Waals surface area contributed by atoms with Crippen molar-refractivity contribution in [2.75, 3.05) is 6.61 Å². The highest BCUT2D eigenvalue weighted by molar-refractivity contribution is 6.03. The Morgan fingerprint density at radius 3 is 1.82 bits per heavy atom. The molecule has 1 aliphatic carbocycles. The number of carboxylic acids is 1. The highest BCUT2D eigenvalue weighted by atomic mass is 16.6. The third-order valence-electron chi connectivity index (χ3n) is 8.83. The van der Waals surface area contributed by atoms with Crippen LogP contribution in [0.4, 0.5) is 9.59 Å². The Morgan fingerprint density at radius 2 is 1.27 bits per heavy atom. The summed E-state index contributed by atoms with van der Waals surface area (Å²) in [4.78, 5) is 66.8. The lowest BCUT2D eigenvalue weighted by Crippen LogP contribution is -2.58. The Labute approximate surface area is 282 Å². The number of carbonyl (C=O) groups is 5. The van der Waals surface area contributed by atoms with Crippen LogP contribution < -0.4 is 10.6 Å². The topological polar surface area (TPSA) is 151 Å². The maximum atomic E-state index is 14.1. The first-order valence-corrected chi connectivity index (χ1v) is 16.0. The Hall–Kier alpha value is -5.97. The number of amides is 4. The monoisotopic (exact) mass is 661 g/mol. The van der Waals surface area contributed by atoms with E-state index in [1.165, 1.54) is 6.92 Å². The summed E-state index contributed by atoms with van der Waals surface area (Å²) in [6.07, 6.45) is -3.10. The van der Waals surface area contributed by atoms with Crippen molar-refractivity contribution >= 4 is 30.0 Å². The van der Waals surface area contributed by atoms with Gasteiger partial charge in [-0.2, -0.15) is 0 Å². The van der Waals surface area contributed by atoms with Crippen LogP contribution in [0, 0.1) is 0 Å². The SMILES string of the molecule is C[C@@H]1OC(=O)N(C(=O)[C@H](Cc2ccccc2)NC(=O)OCC2c3ccccc3-c3ccccc32)[C@H]1C(=O)N[C@@H](Cc1ccccc1)C(=O)O. The van der Waals surface area contributed by atoms with Gasteiger partial charge in [0.25, 0.3) is 5.91 Å². The number of ether oxygens (including phenoxy) is 2. The molecule has 0 saturated carbocycles. The number of hydrogen-bond acceptors (Lipinski definition) is 7. The van der Waals surface area contributed by atoms with Crippen molar-refractivity contribution in [2.24, 2.45) is 0 Å². The number of rotatable bonds is 11. The number of imide groups is 1. The average Bonchev–Trinajstić information content (AvgIpc) is 3.59. The lowest BCUT2D eigenvalue weighted by atomic mass is 9.98. The van der Waals surface area contributed by atoms with Gasteiger partial charge in [-0.25, -0.2) is 19.3 Å². The van der Waals surface area contributed by atoms with Crippen LogP contribution in [-0.2, 0) is 36.7 Å². The van der Waals surface area contributed by atoms with Crippen LogP contribution in [0.3, 0.4) is 0 Å². The van der Waals surface area contributed by atoms with E-state index >= 15 is 0 Å². The summed E-state index contributed by atoms with van der Waals surface area (Å²) < 4.78 is 11.0. The van der Waals surface area contributed by atoms with Gasteiger partial charge in [0.15, 0.2) is 6.04 Å². The molecule has 11 nitrogen and oxygen atoms in total. The van der Waals surface area contributed by atoms with E-state index in [1.54, 1.807) is 60.7 Å². The minimum absolute atomic E-state index is 0.00206. The van der Waals surface area contributed by atoms with Crippen molar-refractivity contribution in [2.45, 2.75) is 49.9 Å². The molecule has 4 aromatic rings. The van der Waals surface area contributed by atoms with Gasteiger partial charge < -0.3 is 25.2 Å². The number of cyclic esters (lactones) is 1. The predicted octanol–water partition coefficient (Wildman–Crippen LogP) is 4.68.